The number of nitrogens with one attached hydrogen (secondary N) is 1. The second-order valence-corrected chi connectivity index (χ2v) is 7.84. The number of piperazine rings is 1. The lowest BCUT2D eigenvalue weighted by molar-refractivity contribution is -0.123. The standard InChI is InChI=1S/C23H29N3O2/c1-18-5-4-6-19(15-18)16-25-10-12-26(13-11-25)17-23(27)24-21-9-14-28-22-8-3-2-7-20(21)22/h2-8,15,21H,9-14,16-17H2,1H3,(H,24,27). The Labute approximate surface area is 167 Å². The van der Waals surface area contributed by atoms with E-state index in [9.17, 15) is 4.79 Å². The molecule has 0 radical (unpaired) electrons. The Kier molecular flexibility index (Phi) is 5.93. The van der Waals surface area contributed by atoms with Crippen LogP contribution in [0.5, 0.6) is 5.75 Å². The quantitative estimate of drug-likeness (QED) is 0.868. The van der Waals surface area contributed by atoms with Gasteiger partial charge in [-0.15, -0.1) is 0 Å². The fraction of sp³-hybridized carbons (Fsp3) is 0.435. The first-order valence-electron chi connectivity index (χ1n) is 10.2. The van der Waals surface area contributed by atoms with Gasteiger partial charge >= 0.3 is 0 Å². The van der Waals surface area contributed by atoms with Crippen LogP contribution >= 0.6 is 0 Å². The highest BCUT2D eigenvalue weighted by atomic mass is 16.5. The number of amides is 1. The molecule has 1 N–H and O–H groups in total. The van der Waals surface area contributed by atoms with Gasteiger partial charge in [0.25, 0.3) is 0 Å². The van der Waals surface area contributed by atoms with Crippen LogP contribution in [0.2, 0.25) is 0 Å². The minimum atomic E-state index is 0.0556. The highest BCUT2D eigenvalue weighted by Gasteiger charge is 2.24. The molecule has 1 atom stereocenters. The molecule has 5 nitrogen and oxygen atoms in total. The van der Waals surface area contributed by atoms with Gasteiger partial charge in [-0.1, -0.05) is 48.0 Å². The van der Waals surface area contributed by atoms with Gasteiger partial charge in [0.1, 0.15) is 5.75 Å². The first kappa shape index (κ1) is 19.0. The third kappa shape index (κ3) is 4.72. The van der Waals surface area contributed by atoms with Crippen LogP contribution in [-0.2, 0) is 11.3 Å². The van der Waals surface area contributed by atoms with E-state index in [0.717, 1.165) is 50.5 Å². The molecule has 2 aliphatic rings. The molecule has 0 aliphatic carbocycles. The van der Waals surface area contributed by atoms with E-state index in [1.54, 1.807) is 0 Å². The molecule has 0 aromatic heterocycles. The molecule has 1 amide bonds. The molecule has 28 heavy (non-hydrogen) atoms. The zero-order valence-electron chi connectivity index (χ0n) is 16.6. The van der Waals surface area contributed by atoms with Crippen molar-refractivity contribution in [1.29, 1.82) is 0 Å². The number of para-hydroxylation sites is 1. The molecule has 2 heterocycles. The molecule has 148 valence electrons. The fourth-order valence-electron chi connectivity index (χ4n) is 4.11. The lowest BCUT2D eigenvalue weighted by Crippen LogP contribution is -2.49. The molecule has 0 spiro atoms. The number of nitrogens with zero attached hydrogens (tertiary/aromatic N) is 2. The molecule has 1 fully saturated rings. The predicted octanol–water partition coefficient (Wildman–Crippen LogP) is 2.75. The Bertz CT molecular complexity index is 815. The molecular formula is C23H29N3O2. The van der Waals surface area contributed by atoms with Gasteiger partial charge in [-0.05, 0) is 18.6 Å². The van der Waals surface area contributed by atoms with E-state index in [4.69, 9.17) is 4.74 Å². The summed E-state index contributed by atoms with van der Waals surface area (Å²) in [4.78, 5) is 17.3. The fourth-order valence-corrected chi connectivity index (χ4v) is 4.11. The molecule has 0 saturated carbocycles. The van der Waals surface area contributed by atoms with Gasteiger partial charge in [0.15, 0.2) is 0 Å². The summed E-state index contributed by atoms with van der Waals surface area (Å²) in [5.74, 6) is 0.998. The highest BCUT2D eigenvalue weighted by molar-refractivity contribution is 5.78. The lowest BCUT2D eigenvalue weighted by Gasteiger charge is -2.35. The van der Waals surface area contributed by atoms with Gasteiger partial charge < -0.3 is 10.1 Å². The maximum Gasteiger partial charge on any atom is 0.234 e. The van der Waals surface area contributed by atoms with E-state index in [1.165, 1.54) is 11.1 Å². The monoisotopic (exact) mass is 379 g/mol. The number of carbonyl (C=O) groups excluding carboxylic acids is 1. The normalized spacial score (nSPS) is 20.2. The molecule has 2 aromatic rings. The number of fused-ring (bicyclic) bond motifs is 1. The minimum absolute atomic E-state index is 0.0556. The van der Waals surface area contributed by atoms with Crippen LogP contribution in [0.25, 0.3) is 0 Å². The van der Waals surface area contributed by atoms with Crippen molar-refractivity contribution in [2.24, 2.45) is 0 Å². The van der Waals surface area contributed by atoms with Crippen molar-refractivity contribution in [2.45, 2.75) is 25.9 Å². The average Bonchev–Trinajstić information content (AvgIpc) is 2.70. The van der Waals surface area contributed by atoms with E-state index in [1.807, 2.05) is 24.3 Å². The minimum Gasteiger partial charge on any atom is -0.493 e. The highest BCUT2D eigenvalue weighted by Crippen LogP contribution is 2.31. The smallest absolute Gasteiger partial charge is 0.234 e. The molecular weight excluding hydrogens is 350 g/mol. The largest absolute Gasteiger partial charge is 0.493 e. The van der Waals surface area contributed by atoms with Crippen LogP contribution in [0.15, 0.2) is 48.5 Å². The molecule has 2 aliphatic heterocycles. The van der Waals surface area contributed by atoms with Crippen LogP contribution in [0, 0.1) is 6.92 Å². The van der Waals surface area contributed by atoms with Gasteiger partial charge in [0.05, 0.1) is 19.2 Å². The second kappa shape index (κ2) is 8.76. The number of ether oxygens (including phenoxy) is 1. The van der Waals surface area contributed by atoms with Crippen molar-refractivity contribution in [1.82, 2.24) is 15.1 Å². The van der Waals surface area contributed by atoms with Crippen LogP contribution in [0.4, 0.5) is 0 Å². The van der Waals surface area contributed by atoms with Crippen molar-refractivity contribution < 1.29 is 9.53 Å². The number of benzene rings is 2. The summed E-state index contributed by atoms with van der Waals surface area (Å²) in [6.07, 6.45) is 0.826. The van der Waals surface area contributed by atoms with Gasteiger partial charge in [-0.2, -0.15) is 0 Å². The maximum atomic E-state index is 12.6. The van der Waals surface area contributed by atoms with Crippen molar-refractivity contribution in [2.75, 3.05) is 39.3 Å². The van der Waals surface area contributed by atoms with E-state index < -0.39 is 0 Å². The number of aryl methyl sites for hydroxylation is 1. The summed E-state index contributed by atoms with van der Waals surface area (Å²) in [6.45, 7) is 8.12. The van der Waals surface area contributed by atoms with Crippen LogP contribution in [0.1, 0.15) is 29.2 Å². The molecule has 4 rings (SSSR count). The van der Waals surface area contributed by atoms with E-state index in [2.05, 4.69) is 46.3 Å². The summed E-state index contributed by atoms with van der Waals surface area (Å²) < 4.78 is 5.69. The first-order valence-corrected chi connectivity index (χ1v) is 10.2. The van der Waals surface area contributed by atoms with E-state index >= 15 is 0 Å². The van der Waals surface area contributed by atoms with E-state index in [-0.39, 0.29) is 11.9 Å². The van der Waals surface area contributed by atoms with Gasteiger partial charge in [-0.3, -0.25) is 14.6 Å². The lowest BCUT2D eigenvalue weighted by atomic mass is 10.0. The van der Waals surface area contributed by atoms with Crippen molar-refractivity contribution >= 4 is 5.91 Å². The van der Waals surface area contributed by atoms with Crippen molar-refractivity contribution in [3.63, 3.8) is 0 Å². The van der Waals surface area contributed by atoms with Crippen LogP contribution < -0.4 is 10.1 Å². The van der Waals surface area contributed by atoms with E-state index in [0.29, 0.717) is 13.2 Å². The molecule has 2 aromatic carbocycles. The van der Waals surface area contributed by atoms with Crippen molar-refractivity contribution in [3.8, 4) is 5.75 Å². The third-order valence-corrected chi connectivity index (χ3v) is 5.61. The summed E-state index contributed by atoms with van der Waals surface area (Å²) in [5.41, 5.74) is 3.76. The predicted molar refractivity (Wildman–Crippen MR) is 110 cm³/mol. The Balaban J connectivity index is 1.24. The Hall–Kier alpha value is -2.37. The molecule has 1 unspecified atom stereocenters. The summed E-state index contributed by atoms with van der Waals surface area (Å²) in [7, 11) is 0. The van der Waals surface area contributed by atoms with Crippen LogP contribution in [0.3, 0.4) is 0 Å². The number of hydrogen-bond donors (Lipinski definition) is 1. The zero-order valence-corrected chi connectivity index (χ0v) is 16.6. The topological polar surface area (TPSA) is 44.8 Å². The number of hydrogen-bond acceptors (Lipinski definition) is 4. The molecule has 0 bridgehead atoms. The second-order valence-electron chi connectivity index (χ2n) is 7.84. The molecule has 5 heteroatoms. The average molecular weight is 380 g/mol. The SMILES string of the molecule is Cc1cccc(CN2CCN(CC(=O)NC3CCOc4ccccc43)CC2)c1. The van der Waals surface area contributed by atoms with Gasteiger partial charge in [-0.25, -0.2) is 0 Å². The Morgan fingerprint density at radius 2 is 1.86 bits per heavy atom. The molecule has 1 saturated heterocycles. The first-order chi connectivity index (χ1) is 13.7. The van der Waals surface area contributed by atoms with Crippen LogP contribution in [-0.4, -0.2) is 55.0 Å². The zero-order chi connectivity index (χ0) is 19.3. The Morgan fingerprint density at radius 1 is 1.07 bits per heavy atom. The van der Waals surface area contributed by atoms with Gasteiger partial charge in [0, 0.05) is 44.7 Å². The summed E-state index contributed by atoms with van der Waals surface area (Å²) in [6, 6.07) is 16.8. The maximum absolute atomic E-state index is 12.6. The number of rotatable bonds is 5. The summed E-state index contributed by atoms with van der Waals surface area (Å²) >= 11 is 0. The van der Waals surface area contributed by atoms with Crippen molar-refractivity contribution in [3.05, 3.63) is 65.2 Å². The summed E-state index contributed by atoms with van der Waals surface area (Å²) in [5, 5.41) is 3.21. The third-order valence-electron chi connectivity index (χ3n) is 5.61. The Morgan fingerprint density at radius 3 is 2.68 bits per heavy atom. The number of carbonyl (C=O) groups is 1. The van der Waals surface area contributed by atoms with Gasteiger partial charge in [0.2, 0.25) is 5.91 Å².